The van der Waals surface area contributed by atoms with E-state index in [4.69, 9.17) is 6.42 Å². The molecule has 0 aromatic carbocycles. The third-order valence-electron chi connectivity index (χ3n) is 4.72. The Bertz CT molecular complexity index is 452. The highest BCUT2D eigenvalue weighted by Gasteiger charge is 2.39. The smallest absolute Gasteiger partial charge is 0.220 e. The molecule has 0 bridgehead atoms. The van der Waals surface area contributed by atoms with Crippen molar-refractivity contribution < 1.29 is 4.79 Å². The van der Waals surface area contributed by atoms with E-state index >= 15 is 0 Å². The maximum atomic E-state index is 11.9. The van der Waals surface area contributed by atoms with Crippen LogP contribution in [0.2, 0.25) is 0 Å². The highest BCUT2D eigenvalue weighted by atomic mass is 16.1. The van der Waals surface area contributed by atoms with Gasteiger partial charge in [-0.05, 0) is 31.2 Å². The standard InChI is InChI=1S/C18H30N4O/c1-4-5-8-18(20-21-18)9-7-17(23)19-10-6-11-22-13-15(2)12-16(3)14-22/h1,15-16H,5-14H2,2-3H3,(H,19,23). The van der Waals surface area contributed by atoms with Crippen LogP contribution in [0.3, 0.4) is 0 Å². The molecule has 0 radical (unpaired) electrons. The number of nitrogens with zero attached hydrogens (tertiary/aromatic N) is 3. The van der Waals surface area contributed by atoms with Gasteiger partial charge in [0.05, 0.1) is 0 Å². The second-order valence-corrected chi connectivity index (χ2v) is 7.30. The molecule has 0 aromatic heterocycles. The van der Waals surface area contributed by atoms with Gasteiger partial charge in [0.15, 0.2) is 5.66 Å². The second-order valence-electron chi connectivity index (χ2n) is 7.30. The fourth-order valence-corrected chi connectivity index (χ4v) is 3.58. The van der Waals surface area contributed by atoms with E-state index in [1.54, 1.807) is 0 Å². The predicted octanol–water partition coefficient (Wildman–Crippen LogP) is 2.83. The van der Waals surface area contributed by atoms with Crippen LogP contribution >= 0.6 is 0 Å². The average molecular weight is 318 g/mol. The maximum Gasteiger partial charge on any atom is 0.220 e. The van der Waals surface area contributed by atoms with Gasteiger partial charge in [-0.15, -0.1) is 12.3 Å². The average Bonchev–Trinajstić information content (AvgIpc) is 3.27. The van der Waals surface area contributed by atoms with Crippen LogP contribution in [0, 0.1) is 24.2 Å². The van der Waals surface area contributed by atoms with Crippen LogP contribution in [-0.4, -0.2) is 42.6 Å². The minimum absolute atomic E-state index is 0.0998. The third-order valence-corrected chi connectivity index (χ3v) is 4.72. The van der Waals surface area contributed by atoms with Crippen LogP contribution in [0.1, 0.15) is 52.4 Å². The number of hydrogen-bond acceptors (Lipinski definition) is 4. The van der Waals surface area contributed by atoms with Crippen LogP contribution in [-0.2, 0) is 4.79 Å². The quantitative estimate of drug-likeness (QED) is 0.525. The molecule has 1 saturated heterocycles. The molecule has 2 aliphatic heterocycles. The first-order valence-corrected chi connectivity index (χ1v) is 8.89. The van der Waals surface area contributed by atoms with E-state index in [0.29, 0.717) is 19.3 Å². The zero-order valence-corrected chi connectivity index (χ0v) is 14.6. The number of amides is 1. The zero-order valence-electron chi connectivity index (χ0n) is 14.6. The monoisotopic (exact) mass is 318 g/mol. The fraction of sp³-hybridized carbons (Fsp3) is 0.833. The lowest BCUT2D eigenvalue weighted by atomic mass is 9.92. The summed E-state index contributed by atoms with van der Waals surface area (Å²) in [6.07, 6.45) is 10.2. The summed E-state index contributed by atoms with van der Waals surface area (Å²) in [5, 5.41) is 11.1. The van der Waals surface area contributed by atoms with Gasteiger partial charge in [0.2, 0.25) is 5.91 Å². The fourth-order valence-electron chi connectivity index (χ4n) is 3.58. The molecule has 0 aromatic rings. The molecule has 2 atom stereocenters. The summed E-state index contributed by atoms with van der Waals surface area (Å²) >= 11 is 0. The van der Waals surface area contributed by atoms with Gasteiger partial charge in [-0.3, -0.25) is 4.79 Å². The lowest BCUT2D eigenvalue weighted by molar-refractivity contribution is -0.121. The number of likely N-dealkylation sites (tertiary alicyclic amines) is 1. The highest BCUT2D eigenvalue weighted by molar-refractivity contribution is 5.75. The van der Waals surface area contributed by atoms with Crippen molar-refractivity contribution in [2.75, 3.05) is 26.2 Å². The number of rotatable bonds is 9. The molecule has 23 heavy (non-hydrogen) atoms. The molecule has 0 saturated carbocycles. The minimum atomic E-state index is -0.343. The van der Waals surface area contributed by atoms with Crippen LogP contribution in [0.25, 0.3) is 0 Å². The molecule has 5 heteroatoms. The minimum Gasteiger partial charge on any atom is -0.356 e. The number of nitrogens with one attached hydrogen (secondary N) is 1. The summed E-state index contributed by atoms with van der Waals surface area (Å²) in [7, 11) is 0. The Kier molecular flexibility index (Phi) is 6.59. The van der Waals surface area contributed by atoms with Crippen molar-refractivity contribution in [3.63, 3.8) is 0 Å². The van der Waals surface area contributed by atoms with Gasteiger partial charge in [0, 0.05) is 45.3 Å². The number of carbonyl (C=O) groups is 1. The molecule has 2 heterocycles. The number of carbonyl (C=O) groups excluding carboxylic acids is 1. The predicted molar refractivity (Wildman–Crippen MR) is 91.9 cm³/mol. The SMILES string of the molecule is C#CCCC1(CCC(=O)NCCCN2CC(C)CC(C)C2)N=N1. The molecule has 1 fully saturated rings. The molecule has 2 unspecified atom stereocenters. The molecule has 128 valence electrons. The summed E-state index contributed by atoms with van der Waals surface area (Å²) < 4.78 is 0. The Hall–Kier alpha value is -1.41. The van der Waals surface area contributed by atoms with Gasteiger partial charge in [-0.1, -0.05) is 13.8 Å². The zero-order chi connectivity index (χ0) is 16.7. The van der Waals surface area contributed by atoms with Crippen molar-refractivity contribution in [3.8, 4) is 12.3 Å². The summed E-state index contributed by atoms with van der Waals surface area (Å²) in [5.41, 5.74) is -0.343. The Morgan fingerprint density at radius 3 is 2.61 bits per heavy atom. The molecule has 1 N–H and O–H groups in total. The third kappa shape index (κ3) is 6.31. The first-order chi connectivity index (χ1) is 11.0. The van der Waals surface area contributed by atoms with E-state index in [2.05, 4.69) is 40.2 Å². The van der Waals surface area contributed by atoms with Crippen LogP contribution in [0.15, 0.2) is 10.2 Å². The topological polar surface area (TPSA) is 57.1 Å². The molecular weight excluding hydrogens is 288 g/mol. The van der Waals surface area contributed by atoms with Gasteiger partial charge < -0.3 is 10.2 Å². The van der Waals surface area contributed by atoms with Crippen LogP contribution in [0.4, 0.5) is 0 Å². The first kappa shape index (κ1) is 17.9. The Labute approximate surface area is 140 Å². The first-order valence-electron chi connectivity index (χ1n) is 8.89. The summed E-state index contributed by atoms with van der Waals surface area (Å²) in [4.78, 5) is 14.4. The van der Waals surface area contributed by atoms with Gasteiger partial charge >= 0.3 is 0 Å². The van der Waals surface area contributed by atoms with Crippen molar-refractivity contribution in [1.82, 2.24) is 10.2 Å². The maximum absolute atomic E-state index is 11.9. The molecule has 0 spiro atoms. The number of terminal acetylenes is 1. The van der Waals surface area contributed by atoms with Crippen LogP contribution in [0.5, 0.6) is 0 Å². The van der Waals surface area contributed by atoms with E-state index in [1.807, 2.05) is 0 Å². The Balaban J connectivity index is 1.52. The van der Waals surface area contributed by atoms with E-state index in [0.717, 1.165) is 37.8 Å². The highest BCUT2D eigenvalue weighted by Crippen LogP contribution is 2.37. The van der Waals surface area contributed by atoms with E-state index in [9.17, 15) is 4.79 Å². The number of piperidine rings is 1. The largest absolute Gasteiger partial charge is 0.356 e. The van der Waals surface area contributed by atoms with Crippen molar-refractivity contribution in [1.29, 1.82) is 0 Å². The van der Waals surface area contributed by atoms with E-state index in [-0.39, 0.29) is 11.6 Å². The van der Waals surface area contributed by atoms with Gasteiger partial charge in [-0.2, -0.15) is 10.2 Å². The molecule has 2 rings (SSSR count). The Morgan fingerprint density at radius 2 is 2.00 bits per heavy atom. The molecule has 1 amide bonds. The Morgan fingerprint density at radius 1 is 1.30 bits per heavy atom. The van der Waals surface area contributed by atoms with Crippen molar-refractivity contribution in [3.05, 3.63) is 0 Å². The molecular formula is C18H30N4O. The second kappa shape index (κ2) is 8.44. The summed E-state index contributed by atoms with van der Waals surface area (Å²) in [6.45, 7) is 8.87. The van der Waals surface area contributed by atoms with Crippen molar-refractivity contribution in [2.24, 2.45) is 22.1 Å². The lowest BCUT2D eigenvalue weighted by Gasteiger charge is -2.34. The summed E-state index contributed by atoms with van der Waals surface area (Å²) in [6, 6.07) is 0. The van der Waals surface area contributed by atoms with Gasteiger partial charge in [0.1, 0.15) is 0 Å². The van der Waals surface area contributed by atoms with E-state index in [1.165, 1.54) is 19.5 Å². The molecule has 5 nitrogen and oxygen atoms in total. The molecule has 2 aliphatic rings. The normalized spacial score (nSPS) is 25.8. The van der Waals surface area contributed by atoms with Gasteiger partial charge in [-0.25, -0.2) is 0 Å². The van der Waals surface area contributed by atoms with Crippen molar-refractivity contribution in [2.45, 2.75) is 58.0 Å². The number of hydrogen-bond donors (Lipinski definition) is 1. The molecule has 0 aliphatic carbocycles. The van der Waals surface area contributed by atoms with Gasteiger partial charge in [0.25, 0.3) is 0 Å². The van der Waals surface area contributed by atoms with Crippen LogP contribution < -0.4 is 5.32 Å². The summed E-state index contributed by atoms with van der Waals surface area (Å²) in [5.74, 6) is 4.29. The van der Waals surface area contributed by atoms with Crippen molar-refractivity contribution >= 4 is 5.91 Å². The lowest BCUT2D eigenvalue weighted by Crippen LogP contribution is -2.40. The van der Waals surface area contributed by atoms with E-state index < -0.39 is 0 Å².